The van der Waals surface area contributed by atoms with Gasteiger partial charge >= 0.3 is 0 Å². The minimum Gasteiger partial charge on any atom is -0.378 e. The SMILES string of the molecule is N=CSC(N)=NC(=O)CC(c1ccccc1)c1ccc2c(-c3ccc(F)cc3)ncn2c1. The van der Waals surface area contributed by atoms with E-state index in [9.17, 15) is 9.18 Å². The van der Waals surface area contributed by atoms with Crippen LogP contribution in [0.1, 0.15) is 23.5 Å². The predicted molar refractivity (Wildman–Crippen MR) is 126 cm³/mol. The Morgan fingerprint density at radius 3 is 2.59 bits per heavy atom. The molecule has 0 bridgehead atoms. The number of hydrogen-bond acceptors (Lipinski definition) is 4. The Balaban J connectivity index is 1.70. The van der Waals surface area contributed by atoms with Gasteiger partial charge < -0.3 is 15.5 Å². The summed E-state index contributed by atoms with van der Waals surface area (Å²) in [6.45, 7) is 0. The summed E-state index contributed by atoms with van der Waals surface area (Å²) in [4.78, 5) is 20.9. The van der Waals surface area contributed by atoms with Crippen molar-refractivity contribution < 1.29 is 9.18 Å². The van der Waals surface area contributed by atoms with Crippen molar-refractivity contribution in [3.05, 3.63) is 96.2 Å². The molecule has 0 aliphatic carbocycles. The number of rotatable bonds is 6. The van der Waals surface area contributed by atoms with Crippen LogP contribution in [0.25, 0.3) is 16.8 Å². The van der Waals surface area contributed by atoms with Crippen molar-refractivity contribution in [3.63, 3.8) is 0 Å². The van der Waals surface area contributed by atoms with E-state index in [0.717, 1.165) is 45.2 Å². The lowest BCUT2D eigenvalue weighted by Crippen LogP contribution is -2.13. The molecule has 4 aromatic rings. The van der Waals surface area contributed by atoms with Gasteiger partial charge in [-0.15, -0.1) is 0 Å². The number of carbonyl (C=O) groups is 1. The number of nitrogens with two attached hydrogens (primary N) is 1. The lowest BCUT2D eigenvalue weighted by Gasteiger charge is -2.17. The summed E-state index contributed by atoms with van der Waals surface area (Å²) in [5, 5.41) is 7.12. The van der Waals surface area contributed by atoms with Gasteiger partial charge in [-0.1, -0.05) is 36.4 Å². The zero-order chi connectivity index (χ0) is 22.5. The van der Waals surface area contributed by atoms with Gasteiger partial charge in [0.1, 0.15) is 5.82 Å². The maximum Gasteiger partial charge on any atom is 0.249 e. The van der Waals surface area contributed by atoms with Crippen molar-refractivity contribution >= 4 is 33.9 Å². The summed E-state index contributed by atoms with van der Waals surface area (Å²) in [6.07, 6.45) is 3.78. The predicted octanol–water partition coefficient (Wildman–Crippen LogP) is 4.84. The van der Waals surface area contributed by atoms with E-state index in [-0.39, 0.29) is 29.2 Å². The highest BCUT2D eigenvalue weighted by Crippen LogP contribution is 2.31. The van der Waals surface area contributed by atoms with Crippen LogP contribution in [0.15, 0.2) is 84.2 Å². The Hall–Kier alpha value is -3.78. The Bertz CT molecular complexity index is 1290. The average Bonchev–Trinajstić information content (AvgIpc) is 3.22. The van der Waals surface area contributed by atoms with Crippen molar-refractivity contribution in [2.24, 2.45) is 10.7 Å². The smallest absolute Gasteiger partial charge is 0.249 e. The summed E-state index contributed by atoms with van der Waals surface area (Å²) < 4.78 is 15.2. The number of thioether (sulfide) groups is 1. The Morgan fingerprint density at radius 1 is 1.12 bits per heavy atom. The molecule has 0 spiro atoms. The van der Waals surface area contributed by atoms with E-state index < -0.39 is 0 Å². The van der Waals surface area contributed by atoms with Crippen molar-refractivity contribution in [2.45, 2.75) is 12.3 Å². The van der Waals surface area contributed by atoms with Crippen LogP contribution < -0.4 is 5.73 Å². The Kier molecular flexibility index (Phi) is 6.42. The van der Waals surface area contributed by atoms with E-state index >= 15 is 0 Å². The quantitative estimate of drug-likeness (QED) is 0.328. The highest BCUT2D eigenvalue weighted by molar-refractivity contribution is 8.24. The Labute approximate surface area is 188 Å². The second kappa shape index (κ2) is 9.57. The third-order valence-corrected chi connectivity index (χ3v) is 5.52. The fraction of sp³-hybridized carbons (Fsp3) is 0.0833. The van der Waals surface area contributed by atoms with E-state index in [1.165, 1.54) is 12.1 Å². The summed E-state index contributed by atoms with van der Waals surface area (Å²) in [5.41, 5.74) is 11.1. The van der Waals surface area contributed by atoms with Crippen molar-refractivity contribution in [1.29, 1.82) is 5.41 Å². The van der Waals surface area contributed by atoms with E-state index in [4.69, 9.17) is 11.1 Å². The summed E-state index contributed by atoms with van der Waals surface area (Å²) >= 11 is 0.894. The first-order valence-corrected chi connectivity index (χ1v) is 10.7. The molecule has 32 heavy (non-hydrogen) atoms. The topological polar surface area (TPSA) is 96.6 Å². The average molecular weight is 446 g/mol. The van der Waals surface area contributed by atoms with E-state index in [1.54, 1.807) is 18.5 Å². The number of aromatic nitrogens is 2. The summed E-state index contributed by atoms with van der Waals surface area (Å²) in [7, 11) is 0. The van der Waals surface area contributed by atoms with Gasteiger partial charge in [-0.05, 0) is 53.2 Å². The van der Waals surface area contributed by atoms with Gasteiger partial charge in [-0.25, -0.2) is 9.37 Å². The molecule has 0 aliphatic rings. The largest absolute Gasteiger partial charge is 0.378 e. The normalized spacial score (nSPS) is 12.6. The third kappa shape index (κ3) is 4.76. The first-order chi connectivity index (χ1) is 15.5. The molecular formula is C24H20FN5OS. The van der Waals surface area contributed by atoms with E-state index in [2.05, 4.69) is 9.98 Å². The minimum atomic E-state index is -0.358. The molecular weight excluding hydrogens is 425 g/mol. The number of nitrogens with one attached hydrogen (secondary N) is 1. The van der Waals surface area contributed by atoms with Gasteiger partial charge in [0.2, 0.25) is 5.91 Å². The van der Waals surface area contributed by atoms with Gasteiger partial charge in [0, 0.05) is 24.1 Å². The number of hydrogen-bond donors (Lipinski definition) is 2. The third-order valence-electron chi connectivity index (χ3n) is 5.07. The van der Waals surface area contributed by atoms with E-state index in [0.29, 0.717) is 0 Å². The minimum absolute atomic E-state index is 0.0470. The molecule has 0 radical (unpaired) electrons. The maximum absolute atomic E-state index is 13.3. The van der Waals surface area contributed by atoms with E-state index in [1.807, 2.05) is 53.1 Å². The number of aliphatic imine (C=N–C) groups is 1. The van der Waals surface area contributed by atoms with Gasteiger partial charge in [0.25, 0.3) is 0 Å². The molecule has 1 amide bonds. The molecule has 0 fully saturated rings. The standard InChI is InChI=1S/C24H20FN5OS/c25-19-9-6-17(7-10-19)23-21-11-8-18(13-30(21)15-28-23)20(16-4-2-1-3-5-16)12-22(31)29-24(27)32-14-26/h1-11,13-15,20,26H,12H2,(H2,27,29,31). The van der Waals surface area contributed by atoms with Gasteiger partial charge in [0.15, 0.2) is 5.17 Å². The van der Waals surface area contributed by atoms with Crippen LogP contribution in [0.2, 0.25) is 0 Å². The molecule has 1 atom stereocenters. The number of halogens is 1. The second-order valence-electron chi connectivity index (χ2n) is 7.10. The summed E-state index contributed by atoms with van der Waals surface area (Å²) in [6, 6.07) is 19.9. The van der Waals surface area contributed by atoms with Crippen LogP contribution in [0.3, 0.4) is 0 Å². The molecule has 8 heteroatoms. The summed E-state index contributed by atoms with van der Waals surface area (Å²) in [5.74, 6) is -0.882. The zero-order valence-electron chi connectivity index (χ0n) is 17.0. The van der Waals surface area contributed by atoms with Crippen molar-refractivity contribution in [1.82, 2.24) is 9.38 Å². The van der Waals surface area contributed by atoms with Crippen LogP contribution in [0.5, 0.6) is 0 Å². The number of pyridine rings is 1. The number of imidazole rings is 1. The molecule has 2 aromatic heterocycles. The number of carbonyl (C=O) groups excluding carboxylic acids is 1. The number of benzene rings is 2. The van der Waals surface area contributed by atoms with Crippen molar-refractivity contribution in [2.75, 3.05) is 0 Å². The first kappa shape index (κ1) is 21.5. The van der Waals surface area contributed by atoms with Crippen molar-refractivity contribution in [3.8, 4) is 11.3 Å². The molecule has 0 saturated carbocycles. The number of amidine groups is 1. The number of nitrogens with zero attached hydrogens (tertiary/aromatic N) is 3. The second-order valence-corrected chi connectivity index (χ2v) is 7.99. The molecule has 0 aliphatic heterocycles. The monoisotopic (exact) mass is 445 g/mol. The van der Waals surface area contributed by atoms with Crippen LogP contribution >= 0.6 is 11.8 Å². The molecule has 160 valence electrons. The highest BCUT2D eigenvalue weighted by Gasteiger charge is 2.20. The molecule has 1 unspecified atom stereocenters. The fourth-order valence-electron chi connectivity index (χ4n) is 3.60. The molecule has 3 N–H and O–H groups in total. The molecule has 0 saturated heterocycles. The number of fused-ring (bicyclic) bond motifs is 1. The van der Waals surface area contributed by atoms with Crippen LogP contribution in [0.4, 0.5) is 4.39 Å². The molecule has 2 aromatic carbocycles. The van der Waals surface area contributed by atoms with Gasteiger partial charge in [-0.2, -0.15) is 4.99 Å². The lowest BCUT2D eigenvalue weighted by atomic mass is 9.89. The van der Waals surface area contributed by atoms with Crippen LogP contribution in [0, 0.1) is 11.2 Å². The van der Waals surface area contributed by atoms with Crippen LogP contribution in [-0.2, 0) is 4.79 Å². The Morgan fingerprint density at radius 2 is 1.88 bits per heavy atom. The van der Waals surface area contributed by atoms with Gasteiger partial charge in [0.05, 0.1) is 23.1 Å². The van der Waals surface area contributed by atoms with Crippen LogP contribution in [-0.4, -0.2) is 26.0 Å². The molecule has 4 rings (SSSR count). The molecule has 2 heterocycles. The molecule has 6 nitrogen and oxygen atoms in total. The first-order valence-electron chi connectivity index (χ1n) is 9.85. The maximum atomic E-state index is 13.3. The highest BCUT2D eigenvalue weighted by atomic mass is 32.2. The number of amides is 1. The zero-order valence-corrected chi connectivity index (χ0v) is 17.8. The fourth-order valence-corrected chi connectivity index (χ4v) is 3.87. The van der Waals surface area contributed by atoms with Gasteiger partial charge in [-0.3, -0.25) is 4.79 Å². The lowest BCUT2D eigenvalue weighted by molar-refractivity contribution is -0.117.